The Morgan fingerprint density at radius 1 is 1.21 bits per heavy atom. The highest BCUT2D eigenvalue weighted by molar-refractivity contribution is 6.08. The summed E-state index contributed by atoms with van der Waals surface area (Å²) >= 11 is 0. The van der Waals surface area contributed by atoms with E-state index in [1.165, 1.54) is 0 Å². The monoisotopic (exact) mass is 398 g/mol. The highest BCUT2D eigenvalue weighted by Crippen LogP contribution is 2.43. The van der Waals surface area contributed by atoms with Gasteiger partial charge in [-0.3, -0.25) is 14.5 Å². The maximum atomic E-state index is 12.9. The number of benzene rings is 1. The lowest BCUT2D eigenvalue weighted by atomic mass is 9.67. The summed E-state index contributed by atoms with van der Waals surface area (Å²) in [6.07, 6.45) is 6.59. The van der Waals surface area contributed by atoms with Crippen molar-refractivity contribution in [3.8, 4) is 0 Å². The fourth-order valence-electron chi connectivity index (χ4n) is 4.20. The fraction of sp³-hybridized carbons (Fsp3) is 0.522. The lowest BCUT2D eigenvalue weighted by Crippen LogP contribution is -2.50. The zero-order valence-electron chi connectivity index (χ0n) is 17.4. The van der Waals surface area contributed by atoms with Crippen LogP contribution in [0, 0.1) is 11.3 Å². The lowest BCUT2D eigenvalue weighted by molar-refractivity contribution is -0.147. The van der Waals surface area contributed by atoms with E-state index in [4.69, 9.17) is 4.74 Å². The van der Waals surface area contributed by atoms with Gasteiger partial charge in [-0.15, -0.1) is 0 Å². The van der Waals surface area contributed by atoms with Gasteiger partial charge in [-0.05, 0) is 48.7 Å². The average molecular weight is 399 g/mol. The molecule has 1 heterocycles. The van der Waals surface area contributed by atoms with Gasteiger partial charge in [0.2, 0.25) is 0 Å². The van der Waals surface area contributed by atoms with Crippen molar-refractivity contribution >= 4 is 24.0 Å². The molecule has 156 valence electrons. The van der Waals surface area contributed by atoms with Crippen LogP contribution in [0.4, 0.5) is 4.79 Å². The Bertz CT molecular complexity index is 787. The first-order chi connectivity index (χ1) is 13.7. The van der Waals surface area contributed by atoms with E-state index >= 15 is 0 Å². The number of esters is 1. The Hall–Kier alpha value is -2.63. The first-order valence-electron chi connectivity index (χ1n) is 10.2. The van der Waals surface area contributed by atoms with Gasteiger partial charge >= 0.3 is 12.0 Å². The standard InChI is InChI=1S/C23H30N2O4/c1-22(2,3)18-11-13-23(14-12-18)20(27)25(21(28)24-23)16-19(26)29-15-7-10-17-8-5-4-6-9-17/h4-10,18H,11-16H2,1-3H3,(H,24,28)/b10-7-. The average Bonchev–Trinajstić information content (AvgIpc) is 2.90. The van der Waals surface area contributed by atoms with Crippen molar-refractivity contribution in [3.63, 3.8) is 0 Å². The number of hydrogen-bond donors (Lipinski definition) is 1. The molecule has 0 radical (unpaired) electrons. The summed E-state index contributed by atoms with van der Waals surface area (Å²) in [7, 11) is 0. The van der Waals surface area contributed by atoms with Crippen LogP contribution in [-0.4, -0.2) is 41.5 Å². The van der Waals surface area contributed by atoms with Crippen molar-refractivity contribution in [2.75, 3.05) is 13.2 Å². The number of rotatable bonds is 5. The van der Waals surface area contributed by atoms with Crippen LogP contribution in [0.15, 0.2) is 36.4 Å². The summed E-state index contributed by atoms with van der Waals surface area (Å²) in [5, 5.41) is 2.85. The highest BCUT2D eigenvalue weighted by Gasteiger charge is 2.53. The molecule has 29 heavy (non-hydrogen) atoms. The summed E-state index contributed by atoms with van der Waals surface area (Å²) in [4.78, 5) is 38.4. The lowest BCUT2D eigenvalue weighted by Gasteiger charge is -2.40. The van der Waals surface area contributed by atoms with Crippen LogP contribution >= 0.6 is 0 Å². The van der Waals surface area contributed by atoms with Gasteiger partial charge in [-0.25, -0.2) is 4.79 Å². The summed E-state index contributed by atoms with van der Waals surface area (Å²) in [5.74, 6) is -0.369. The minimum Gasteiger partial charge on any atom is -0.460 e. The molecule has 0 unspecified atom stereocenters. The normalized spacial score (nSPS) is 24.9. The molecule has 1 N–H and O–H groups in total. The Morgan fingerprint density at radius 2 is 1.86 bits per heavy atom. The van der Waals surface area contributed by atoms with Crippen molar-refractivity contribution in [3.05, 3.63) is 42.0 Å². The largest absolute Gasteiger partial charge is 0.460 e. The zero-order valence-corrected chi connectivity index (χ0v) is 17.4. The van der Waals surface area contributed by atoms with Crippen LogP contribution in [0.2, 0.25) is 0 Å². The molecule has 0 aromatic heterocycles. The van der Waals surface area contributed by atoms with E-state index in [9.17, 15) is 14.4 Å². The third-order valence-corrected chi connectivity index (χ3v) is 6.05. The molecular weight excluding hydrogens is 368 g/mol. The number of amides is 3. The number of urea groups is 1. The topological polar surface area (TPSA) is 75.7 Å². The predicted octanol–water partition coefficient (Wildman–Crippen LogP) is 3.77. The van der Waals surface area contributed by atoms with E-state index in [-0.39, 0.29) is 24.5 Å². The third-order valence-electron chi connectivity index (χ3n) is 6.05. The van der Waals surface area contributed by atoms with Gasteiger partial charge in [0.25, 0.3) is 5.91 Å². The molecule has 6 nitrogen and oxygen atoms in total. The minimum absolute atomic E-state index is 0.0930. The molecule has 1 aromatic rings. The van der Waals surface area contributed by atoms with Gasteiger partial charge in [0.05, 0.1) is 0 Å². The molecule has 0 atom stereocenters. The van der Waals surface area contributed by atoms with Crippen molar-refractivity contribution < 1.29 is 19.1 Å². The van der Waals surface area contributed by atoms with Gasteiger partial charge in [0, 0.05) is 0 Å². The fourth-order valence-corrected chi connectivity index (χ4v) is 4.20. The van der Waals surface area contributed by atoms with Crippen LogP contribution in [0.1, 0.15) is 52.0 Å². The predicted molar refractivity (Wildman–Crippen MR) is 111 cm³/mol. The van der Waals surface area contributed by atoms with Crippen LogP contribution in [0.25, 0.3) is 6.08 Å². The number of nitrogens with zero attached hydrogens (tertiary/aromatic N) is 1. The summed E-state index contributed by atoms with van der Waals surface area (Å²) < 4.78 is 5.16. The SMILES string of the molecule is CC(C)(C)C1CCC2(CC1)NC(=O)N(CC(=O)OC/C=C\c1ccccc1)C2=O. The van der Waals surface area contributed by atoms with Crippen molar-refractivity contribution in [1.82, 2.24) is 10.2 Å². The highest BCUT2D eigenvalue weighted by atomic mass is 16.5. The summed E-state index contributed by atoms with van der Waals surface area (Å²) in [6.45, 7) is 6.36. The van der Waals surface area contributed by atoms with Gasteiger partial charge < -0.3 is 10.1 Å². The molecule has 1 aliphatic carbocycles. The molecule has 1 spiro atoms. The number of nitrogens with one attached hydrogen (secondary N) is 1. The van der Waals surface area contributed by atoms with Crippen LogP contribution in [0.3, 0.4) is 0 Å². The van der Waals surface area contributed by atoms with Crippen LogP contribution < -0.4 is 5.32 Å². The maximum Gasteiger partial charge on any atom is 0.326 e. The molecule has 1 aromatic carbocycles. The molecule has 2 fully saturated rings. The number of hydrogen-bond acceptors (Lipinski definition) is 4. The molecule has 0 bridgehead atoms. The van der Waals surface area contributed by atoms with Crippen molar-refractivity contribution in [2.24, 2.45) is 11.3 Å². The maximum absolute atomic E-state index is 12.9. The Morgan fingerprint density at radius 3 is 2.48 bits per heavy atom. The Balaban J connectivity index is 1.51. The number of carbonyl (C=O) groups is 3. The van der Waals surface area contributed by atoms with Gasteiger partial charge in [-0.2, -0.15) is 0 Å². The van der Waals surface area contributed by atoms with Gasteiger partial charge in [-0.1, -0.05) is 57.2 Å². The smallest absolute Gasteiger partial charge is 0.326 e. The van der Waals surface area contributed by atoms with E-state index in [1.54, 1.807) is 6.08 Å². The zero-order chi connectivity index (χ0) is 21.1. The Labute approximate surface area is 172 Å². The molecule has 1 saturated carbocycles. The molecule has 2 aliphatic rings. The number of ether oxygens (including phenoxy) is 1. The molecule has 6 heteroatoms. The minimum atomic E-state index is -0.855. The first kappa shape index (κ1) is 21.1. The molecule has 1 aliphatic heterocycles. The molecule has 3 amide bonds. The summed E-state index contributed by atoms with van der Waals surface area (Å²) in [5.41, 5.74) is 0.335. The van der Waals surface area contributed by atoms with E-state index < -0.39 is 17.5 Å². The van der Waals surface area contributed by atoms with Crippen LogP contribution in [-0.2, 0) is 14.3 Å². The van der Waals surface area contributed by atoms with E-state index in [2.05, 4.69) is 26.1 Å². The molecule has 3 rings (SSSR count). The molecular formula is C23H30N2O4. The van der Waals surface area contributed by atoms with Crippen molar-refractivity contribution in [2.45, 2.75) is 52.0 Å². The second kappa shape index (κ2) is 8.39. The first-order valence-corrected chi connectivity index (χ1v) is 10.2. The van der Waals surface area contributed by atoms with Gasteiger partial charge in [0.1, 0.15) is 18.7 Å². The van der Waals surface area contributed by atoms with Crippen LogP contribution in [0.5, 0.6) is 0 Å². The molecule has 1 saturated heterocycles. The third kappa shape index (κ3) is 4.86. The number of imide groups is 1. The van der Waals surface area contributed by atoms with E-state index in [0.717, 1.165) is 23.3 Å². The second-order valence-electron chi connectivity index (χ2n) is 9.04. The van der Waals surface area contributed by atoms with E-state index in [0.29, 0.717) is 18.8 Å². The number of carbonyl (C=O) groups excluding carboxylic acids is 3. The van der Waals surface area contributed by atoms with Crippen molar-refractivity contribution in [1.29, 1.82) is 0 Å². The summed E-state index contributed by atoms with van der Waals surface area (Å²) in [6, 6.07) is 9.17. The Kier molecular flexibility index (Phi) is 6.10. The van der Waals surface area contributed by atoms with E-state index in [1.807, 2.05) is 36.4 Å². The quantitative estimate of drug-likeness (QED) is 0.605. The second-order valence-corrected chi connectivity index (χ2v) is 9.04. The van der Waals surface area contributed by atoms with Gasteiger partial charge in [0.15, 0.2) is 0 Å².